The molecule has 0 aromatic rings. The van der Waals surface area contributed by atoms with Gasteiger partial charge in [0.25, 0.3) is 0 Å². The van der Waals surface area contributed by atoms with Gasteiger partial charge in [-0.1, -0.05) is 0 Å². The summed E-state index contributed by atoms with van der Waals surface area (Å²) in [6, 6.07) is 0. The molecule has 1 fully saturated rings. The summed E-state index contributed by atoms with van der Waals surface area (Å²) in [5, 5.41) is 0. The second-order valence-corrected chi connectivity index (χ2v) is 3.75. The topological polar surface area (TPSA) is 44.5 Å². The summed E-state index contributed by atoms with van der Waals surface area (Å²) in [5.74, 6) is -2.59. The summed E-state index contributed by atoms with van der Waals surface area (Å²) >= 11 is 0. The lowest BCUT2D eigenvalue weighted by molar-refractivity contribution is -0.212. The van der Waals surface area contributed by atoms with Crippen LogP contribution in [0.15, 0.2) is 0 Å². The molecule has 1 aliphatic heterocycles. The molecular formula is C8H14F3NO2. The number of hydrogen-bond acceptors (Lipinski definition) is 3. The summed E-state index contributed by atoms with van der Waals surface area (Å²) in [6.45, 7) is 2.62. The standard InChI is InChI=1S/C8H14F3NO2/c1-7(2)13-4-6(14-7)5(3-12)8(9,10)11/h5-6H,3-4,12H2,1-2H3. The number of ether oxygens (including phenoxy) is 2. The van der Waals surface area contributed by atoms with Crippen LogP contribution in [0.1, 0.15) is 13.8 Å². The number of rotatable bonds is 2. The second kappa shape index (κ2) is 3.67. The summed E-state index contributed by atoms with van der Waals surface area (Å²) in [4.78, 5) is 0. The quantitative estimate of drug-likeness (QED) is 0.751. The normalized spacial score (nSPS) is 29.1. The Bertz CT molecular complexity index is 205. The Hall–Kier alpha value is -0.330. The molecule has 84 valence electrons. The molecule has 0 saturated carbocycles. The van der Waals surface area contributed by atoms with Gasteiger partial charge in [-0.05, 0) is 13.8 Å². The van der Waals surface area contributed by atoms with Crippen molar-refractivity contribution < 1.29 is 22.6 Å². The summed E-state index contributed by atoms with van der Waals surface area (Å²) < 4.78 is 47.4. The van der Waals surface area contributed by atoms with Crippen molar-refractivity contribution in [2.45, 2.75) is 31.9 Å². The third kappa shape index (κ3) is 2.59. The average molecular weight is 213 g/mol. The van der Waals surface area contributed by atoms with Gasteiger partial charge in [0, 0.05) is 6.54 Å². The van der Waals surface area contributed by atoms with E-state index >= 15 is 0 Å². The van der Waals surface area contributed by atoms with E-state index in [1.54, 1.807) is 13.8 Å². The Morgan fingerprint density at radius 1 is 1.50 bits per heavy atom. The van der Waals surface area contributed by atoms with Crippen LogP contribution in [-0.2, 0) is 9.47 Å². The van der Waals surface area contributed by atoms with Crippen LogP contribution < -0.4 is 5.73 Å². The Morgan fingerprint density at radius 2 is 2.07 bits per heavy atom. The van der Waals surface area contributed by atoms with Crippen molar-refractivity contribution in [3.63, 3.8) is 0 Å². The lowest BCUT2D eigenvalue weighted by Gasteiger charge is -2.24. The number of nitrogens with two attached hydrogens (primary N) is 1. The smallest absolute Gasteiger partial charge is 0.348 e. The molecule has 0 aromatic carbocycles. The van der Waals surface area contributed by atoms with E-state index in [2.05, 4.69) is 0 Å². The monoisotopic (exact) mass is 213 g/mol. The zero-order valence-corrected chi connectivity index (χ0v) is 8.10. The fraction of sp³-hybridized carbons (Fsp3) is 1.00. The van der Waals surface area contributed by atoms with Gasteiger partial charge in [0.15, 0.2) is 5.79 Å². The van der Waals surface area contributed by atoms with Gasteiger partial charge in [-0.25, -0.2) is 0 Å². The predicted molar refractivity (Wildman–Crippen MR) is 43.5 cm³/mol. The van der Waals surface area contributed by atoms with E-state index < -0.39 is 30.5 Å². The van der Waals surface area contributed by atoms with E-state index in [1.807, 2.05) is 0 Å². The molecule has 1 saturated heterocycles. The van der Waals surface area contributed by atoms with Crippen LogP contribution in [0.25, 0.3) is 0 Å². The van der Waals surface area contributed by atoms with Crippen molar-refractivity contribution in [2.75, 3.05) is 13.2 Å². The SMILES string of the molecule is CC1(C)OCC(C(CN)C(F)(F)F)O1. The van der Waals surface area contributed by atoms with Crippen LogP contribution in [0.5, 0.6) is 0 Å². The molecule has 2 N–H and O–H groups in total. The van der Waals surface area contributed by atoms with E-state index in [9.17, 15) is 13.2 Å². The molecule has 2 atom stereocenters. The van der Waals surface area contributed by atoms with E-state index in [-0.39, 0.29) is 6.61 Å². The maximum absolute atomic E-state index is 12.4. The molecule has 1 aliphatic rings. The zero-order valence-electron chi connectivity index (χ0n) is 8.10. The predicted octanol–water partition coefficient (Wildman–Crippen LogP) is 1.28. The molecular weight excluding hydrogens is 199 g/mol. The maximum atomic E-state index is 12.4. The molecule has 1 heterocycles. The third-order valence-corrected chi connectivity index (χ3v) is 2.15. The van der Waals surface area contributed by atoms with E-state index in [4.69, 9.17) is 15.2 Å². The van der Waals surface area contributed by atoms with Crippen molar-refractivity contribution in [1.29, 1.82) is 0 Å². The Morgan fingerprint density at radius 3 is 2.36 bits per heavy atom. The van der Waals surface area contributed by atoms with Crippen molar-refractivity contribution in [3.8, 4) is 0 Å². The van der Waals surface area contributed by atoms with Gasteiger partial charge >= 0.3 is 6.18 Å². The molecule has 0 amide bonds. The minimum atomic E-state index is -4.33. The van der Waals surface area contributed by atoms with Gasteiger partial charge in [0.1, 0.15) is 0 Å². The second-order valence-electron chi connectivity index (χ2n) is 3.75. The van der Waals surface area contributed by atoms with Gasteiger partial charge in [-0.3, -0.25) is 0 Å². The van der Waals surface area contributed by atoms with E-state index in [0.29, 0.717) is 0 Å². The van der Waals surface area contributed by atoms with Crippen LogP contribution in [-0.4, -0.2) is 31.2 Å². The summed E-state index contributed by atoms with van der Waals surface area (Å²) in [6.07, 6.45) is -5.32. The maximum Gasteiger partial charge on any atom is 0.395 e. The first-order chi connectivity index (χ1) is 6.26. The molecule has 2 unspecified atom stereocenters. The van der Waals surface area contributed by atoms with E-state index in [1.165, 1.54) is 0 Å². The van der Waals surface area contributed by atoms with Crippen LogP contribution in [0.2, 0.25) is 0 Å². The molecule has 0 radical (unpaired) electrons. The fourth-order valence-corrected chi connectivity index (χ4v) is 1.41. The Labute approximate surface area is 80.4 Å². The van der Waals surface area contributed by atoms with Gasteiger partial charge < -0.3 is 15.2 Å². The third-order valence-electron chi connectivity index (χ3n) is 2.15. The van der Waals surface area contributed by atoms with Crippen molar-refractivity contribution >= 4 is 0 Å². The summed E-state index contributed by atoms with van der Waals surface area (Å²) in [5.41, 5.74) is 5.07. The van der Waals surface area contributed by atoms with Gasteiger partial charge in [0.2, 0.25) is 0 Å². The Balaban J connectivity index is 2.65. The molecule has 1 rings (SSSR count). The number of hydrogen-bond donors (Lipinski definition) is 1. The highest BCUT2D eigenvalue weighted by Gasteiger charge is 2.49. The highest BCUT2D eigenvalue weighted by atomic mass is 19.4. The fourth-order valence-electron chi connectivity index (χ4n) is 1.41. The zero-order chi connectivity index (χ0) is 11.0. The average Bonchev–Trinajstić information content (AvgIpc) is 2.29. The lowest BCUT2D eigenvalue weighted by Crippen LogP contribution is -2.41. The van der Waals surface area contributed by atoms with E-state index in [0.717, 1.165) is 0 Å². The summed E-state index contributed by atoms with van der Waals surface area (Å²) in [7, 11) is 0. The molecule has 3 nitrogen and oxygen atoms in total. The molecule has 0 spiro atoms. The van der Waals surface area contributed by atoms with Crippen molar-refractivity contribution in [3.05, 3.63) is 0 Å². The van der Waals surface area contributed by atoms with Gasteiger partial charge in [-0.2, -0.15) is 13.2 Å². The molecule has 0 bridgehead atoms. The van der Waals surface area contributed by atoms with Crippen LogP contribution in [0, 0.1) is 5.92 Å². The molecule has 0 aromatic heterocycles. The minimum Gasteiger partial charge on any atom is -0.348 e. The largest absolute Gasteiger partial charge is 0.395 e. The van der Waals surface area contributed by atoms with Gasteiger partial charge in [0.05, 0.1) is 18.6 Å². The lowest BCUT2D eigenvalue weighted by atomic mass is 10.0. The highest BCUT2D eigenvalue weighted by Crippen LogP contribution is 2.35. The first-order valence-electron chi connectivity index (χ1n) is 4.35. The highest BCUT2D eigenvalue weighted by molar-refractivity contribution is 4.83. The Kier molecular flexibility index (Phi) is 3.08. The molecule has 14 heavy (non-hydrogen) atoms. The van der Waals surface area contributed by atoms with Gasteiger partial charge in [-0.15, -0.1) is 0 Å². The van der Waals surface area contributed by atoms with Crippen LogP contribution >= 0.6 is 0 Å². The van der Waals surface area contributed by atoms with Crippen molar-refractivity contribution in [2.24, 2.45) is 11.7 Å². The first kappa shape index (κ1) is 11.7. The van der Waals surface area contributed by atoms with Crippen LogP contribution in [0.4, 0.5) is 13.2 Å². The molecule has 0 aliphatic carbocycles. The molecule has 6 heteroatoms. The minimum absolute atomic E-state index is 0.0611. The number of alkyl halides is 3. The first-order valence-corrected chi connectivity index (χ1v) is 4.35. The number of halogens is 3. The van der Waals surface area contributed by atoms with Crippen LogP contribution in [0.3, 0.4) is 0 Å². The van der Waals surface area contributed by atoms with Crippen molar-refractivity contribution in [1.82, 2.24) is 0 Å².